The summed E-state index contributed by atoms with van der Waals surface area (Å²) in [5.74, 6) is -0.436. The molecule has 0 saturated carbocycles. The normalized spacial score (nSPS) is 20.2. The molecule has 112 valence electrons. The summed E-state index contributed by atoms with van der Waals surface area (Å²) in [5, 5.41) is 4.22. The van der Waals surface area contributed by atoms with Crippen LogP contribution in [0, 0.1) is 5.92 Å². The SMILES string of the molecule is CN(C)C(=O)[C@@H]1C(c2ccccc2)=NO[C@H]1c1ccccc1. The molecular formula is C18H18N2O2. The maximum atomic E-state index is 12.7. The van der Waals surface area contributed by atoms with Crippen LogP contribution in [-0.4, -0.2) is 30.6 Å². The average molecular weight is 294 g/mol. The zero-order valence-electron chi connectivity index (χ0n) is 12.6. The van der Waals surface area contributed by atoms with Gasteiger partial charge in [0.05, 0.1) is 0 Å². The van der Waals surface area contributed by atoms with Crippen molar-refractivity contribution in [1.82, 2.24) is 4.90 Å². The molecule has 2 atom stereocenters. The van der Waals surface area contributed by atoms with E-state index in [2.05, 4.69) is 5.16 Å². The fourth-order valence-corrected chi connectivity index (χ4v) is 2.64. The first-order valence-electron chi connectivity index (χ1n) is 7.23. The van der Waals surface area contributed by atoms with Gasteiger partial charge >= 0.3 is 0 Å². The fourth-order valence-electron chi connectivity index (χ4n) is 2.64. The third kappa shape index (κ3) is 2.60. The number of benzene rings is 2. The molecule has 0 N–H and O–H groups in total. The summed E-state index contributed by atoms with van der Waals surface area (Å²) < 4.78 is 0. The molecule has 3 rings (SSSR count). The lowest BCUT2D eigenvalue weighted by Gasteiger charge is -2.22. The molecule has 0 saturated heterocycles. The third-order valence-corrected chi connectivity index (χ3v) is 3.77. The predicted molar refractivity (Wildman–Crippen MR) is 85.4 cm³/mol. The second kappa shape index (κ2) is 6.02. The van der Waals surface area contributed by atoms with Crippen LogP contribution in [-0.2, 0) is 9.63 Å². The first-order valence-corrected chi connectivity index (χ1v) is 7.23. The van der Waals surface area contributed by atoms with E-state index in [1.807, 2.05) is 60.7 Å². The third-order valence-electron chi connectivity index (χ3n) is 3.77. The van der Waals surface area contributed by atoms with Gasteiger partial charge in [0.25, 0.3) is 0 Å². The highest BCUT2D eigenvalue weighted by atomic mass is 16.6. The second-order valence-electron chi connectivity index (χ2n) is 5.49. The number of rotatable bonds is 3. The van der Waals surface area contributed by atoms with Gasteiger partial charge in [-0.1, -0.05) is 65.8 Å². The van der Waals surface area contributed by atoms with Crippen LogP contribution < -0.4 is 0 Å². The van der Waals surface area contributed by atoms with Gasteiger partial charge in [-0.2, -0.15) is 0 Å². The lowest BCUT2D eigenvalue weighted by atomic mass is 9.87. The Kier molecular flexibility index (Phi) is 3.92. The Hall–Kier alpha value is -2.62. The standard InChI is InChI=1S/C18H18N2O2/c1-20(2)18(21)15-16(13-9-5-3-6-10-13)19-22-17(15)14-11-7-4-8-12-14/h3-12,15,17H,1-2H3/t15-,17+/m1/s1. The van der Waals surface area contributed by atoms with Crippen LogP contribution in [0.1, 0.15) is 17.2 Å². The second-order valence-corrected chi connectivity index (χ2v) is 5.49. The Balaban J connectivity index is 2.00. The van der Waals surface area contributed by atoms with E-state index in [0.717, 1.165) is 11.1 Å². The molecule has 0 aliphatic carbocycles. The number of carbonyl (C=O) groups excluding carboxylic acids is 1. The van der Waals surface area contributed by atoms with Crippen molar-refractivity contribution in [3.05, 3.63) is 71.8 Å². The summed E-state index contributed by atoms with van der Waals surface area (Å²) in [6.45, 7) is 0. The Morgan fingerprint density at radius 1 is 1.00 bits per heavy atom. The monoisotopic (exact) mass is 294 g/mol. The minimum atomic E-state index is -0.431. The first-order chi connectivity index (χ1) is 10.7. The Morgan fingerprint density at radius 2 is 1.59 bits per heavy atom. The van der Waals surface area contributed by atoms with Crippen LogP contribution in [0.25, 0.3) is 0 Å². The molecule has 1 aliphatic rings. The molecule has 0 aromatic heterocycles. The highest BCUT2D eigenvalue weighted by molar-refractivity contribution is 6.14. The minimum absolute atomic E-state index is 0.00560. The van der Waals surface area contributed by atoms with Crippen molar-refractivity contribution in [3.8, 4) is 0 Å². The average Bonchev–Trinajstić information content (AvgIpc) is 3.00. The maximum Gasteiger partial charge on any atom is 0.235 e. The van der Waals surface area contributed by atoms with Gasteiger partial charge in [0.1, 0.15) is 11.6 Å². The number of amides is 1. The molecule has 22 heavy (non-hydrogen) atoms. The molecule has 4 nitrogen and oxygen atoms in total. The largest absolute Gasteiger partial charge is 0.386 e. The van der Waals surface area contributed by atoms with Gasteiger partial charge in [-0.25, -0.2) is 0 Å². The van der Waals surface area contributed by atoms with Gasteiger partial charge < -0.3 is 9.74 Å². The Morgan fingerprint density at radius 3 is 2.18 bits per heavy atom. The zero-order valence-corrected chi connectivity index (χ0v) is 12.6. The van der Waals surface area contributed by atoms with Crippen LogP contribution in [0.15, 0.2) is 65.8 Å². The van der Waals surface area contributed by atoms with E-state index in [9.17, 15) is 4.79 Å². The van der Waals surface area contributed by atoms with Gasteiger partial charge in [0.15, 0.2) is 6.10 Å². The zero-order chi connectivity index (χ0) is 15.5. The number of hydrogen-bond donors (Lipinski definition) is 0. The fraction of sp³-hybridized carbons (Fsp3) is 0.222. The van der Waals surface area contributed by atoms with Crippen molar-refractivity contribution >= 4 is 11.6 Å². The van der Waals surface area contributed by atoms with Gasteiger partial charge in [-0.3, -0.25) is 4.79 Å². The molecule has 1 amide bonds. The topological polar surface area (TPSA) is 41.9 Å². The molecule has 2 aromatic rings. The number of nitrogens with zero attached hydrogens (tertiary/aromatic N) is 2. The summed E-state index contributed by atoms with van der Waals surface area (Å²) in [5.41, 5.74) is 2.56. The molecule has 1 aliphatic heterocycles. The minimum Gasteiger partial charge on any atom is -0.386 e. The molecule has 1 heterocycles. The van der Waals surface area contributed by atoms with Crippen LogP contribution in [0.4, 0.5) is 0 Å². The van der Waals surface area contributed by atoms with Gasteiger partial charge in [-0.15, -0.1) is 0 Å². The summed E-state index contributed by atoms with van der Waals surface area (Å²) in [6, 6.07) is 19.5. The van der Waals surface area contributed by atoms with E-state index < -0.39 is 5.92 Å². The molecule has 0 fully saturated rings. The van der Waals surface area contributed by atoms with E-state index in [4.69, 9.17) is 4.84 Å². The molecule has 0 unspecified atom stereocenters. The van der Waals surface area contributed by atoms with Crippen LogP contribution in [0.3, 0.4) is 0 Å². The molecule has 0 spiro atoms. The van der Waals surface area contributed by atoms with E-state index in [0.29, 0.717) is 5.71 Å². The molecule has 4 heteroatoms. The van der Waals surface area contributed by atoms with E-state index in [1.165, 1.54) is 0 Å². The molecule has 0 radical (unpaired) electrons. The molecule has 2 aromatic carbocycles. The highest BCUT2D eigenvalue weighted by Crippen LogP contribution is 2.35. The maximum absolute atomic E-state index is 12.7. The van der Waals surface area contributed by atoms with Crippen molar-refractivity contribution in [2.24, 2.45) is 11.1 Å². The van der Waals surface area contributed by atoms with Crippen LogP contribution >= 0.6 is 0 Å². The summed E-state index contributed by atoms with van der Waals surface area (Å²) in [7, 11) is 3.51. The van der Waals surface area contributed by atoms with E-state index >= 15 is 0 Å². The lowest BCUT2D eigenvalue weighted by Crippen LogP contribution is -2.36. The number of carbonyl (C=O) groups is 1. The predicted octanol–water partition coefficient (Wildman–Crippen LogP) is 2.87. The highest BCUT2D eigenvalue weighted by Gasteiger charge is 2.42. The number of hydrogen-bond acceptors (Lipinski definition) is 3. The Bertz CT molecular complexity index is 681. The van der Waals surface area contributed by atoms with Crippen molar-refractivity contribution in [1.29, 1.82) is 0 Å². The number of oxime groups is 1. The van der Waals surface area contributed by atoms with E-state index in [1.54, 1.807) is 19.0 Å². The van der Waals surface area contributed by atoms with Crippen molar-refractivity contribution in [2.45, 2.75) is 6.10 Å². The molecule has 0 bridgehead atoms. The van der Waals surface area contributed by atoms with Gasteiger partial charge in [-0.05, 0) is 5.56 Å². The smallest absolute Gasteiger partial charge is 0.235 e. The quantitative estimate of drug-likeness (QED) is 0.873. The van der Waals surface area contributed by atoms with Crippen molar-refractivity contribution < 1.29 is 9.63 Å². The van der Waals surface area contributed by atoms with Crippen LogP contribution in [0.2, 0.25) is 0 Å². The van der Waals surface area contributed by atoms with E-state index in [-0.39, 0.29) is 12.0 Å². The lowest BCUT2D eigenvalue weighted by molar-refractivity contribution is -0.133. The van der Waals surface area contributed by atoms with Gasteiger partial charge in [0, 0.05) is 19.7 Å². The summed E-state index contributed by atoms with van der Waals surface area (Å²) in [4.78, 5) is 19.9. The summed E-state index contributed by atoms with van der Waals surface area (Å²) >= 11 is 0. The van der Waals surface area contributed by atoms with Crippen molar-refractivity contribution in [3.63, 3.8) is 0 Å². The van der Waals surface area contributed by atoms with Crippen LogP contribution in [0.5, 0.6) is 0 Å². The first kappa shape index (κ1) is 14.3. The molecular weight excluding hydrogens is 276 g/mol. The van der Waals surface area contributed by atoms with Crippen molar-refractivity contribution in [2.75, 3.05) is 14.1 Å². The summed E-state index contributed by atoms with van der Waals surface area (Å²) in [6.07, 6.45) is -0.383. The Labute approximate surface area is 130 Å². The van der Waals surface area contributed by atoms with Gasteiger partial charge in [0.2, 0.25) is 5.91 Å².